The van der Waals surface area contributed by atoms with Crippen LogP contribution in [-0.4, -0.2) is 44.9 Å². The third kappa shape index (κ3) is 2.25. The van der Waals surface area contributed by atoms with Crippen LogP contribution in [0.25, 0.3) is 5.65 Å². The maximum Gasteiger partial charge on any atom is 0.352 e. The van der Waals surface area contributed by atoms with Crippen molar-refractivity contribution in [1.82, 2.24) is 19.6 Å². The Labute approximate surface area is 116 Å². The standard InChI is InChI=1S/C13H17N5O2/c1-10-8-14-5-7-16(10)9-11-13(18(19)20)17-6-3-2-4-12(17)15-11/h2-4,6,10,14H,5,7-9H2,1H3/t10-/m0/s1. The van der Waals surface area contributed by atoms with E-state index in [1.165, 1.54) is 0 Å². The quantitative estimate of drug-likeness (QED) is 0.669. The van der Waals surface area contributed by atoms with E-state index in [1.807, 2.05) is 6.07 Å². The molecule has 0 spiro atoms. The van der Waals surface area contributed by atoms with E-state index in [9.17, 15) is 10.1 Å². The summed E-state index contributed by atoms with van der Waals surface area (Å²) < 4.78 is 1.54. The Balaban J connectivity index is 1.98. The van der Waals surface area contributed by atoms with Gasteiger partial charge in [0.25, 0.3) is 0 Å². The number of nitro groups is 1. The first-order valence-corrected chi connectivity index (χ1v) is 6.72. The molecule has 1 aliphatic rings. The van der Waals surface area contributed by atoms with Gasteiger partial charge in [-0.3, -0.25) is 4.90 Å². The Morgan fingerprint density at radius 3 is 3.15 bits per heavy atom. The van der Waals surface area contributed by atoms with Gasteiger partial charge in [-0.15, -0.1) is 0 Å². The number of imidazole rings is 1. The van der Waals surface area contributed by atoms with Gasteiger partial charge in [0.15, 0.2) is 5.69 Å². The molecular weight excluding hydrogens is 258 g/mol. The largest absolute Gasteiger partial charge is 0.358 e. The predicted molar refractivity (Wildman–Crippen MR) is 74.6 cm³/mol. The van der Waals surface area contributed by atoms with Crippen molar-refractivity contribution in [2.45, 2.75) is 19.5 Å². The lowest BCUT2D eigenvalue weighted by Gasteiger charge is -2.33. The Bertz CT molecular complexity index is 639. The number of nitrogens with one attached hydrogen (secondary N) is 1. The van der Waals surface area contributed by atoms with Crippen LogP contribution in [0.5, 0.6) is 0 Å². The fourth-order valence-corrected chi connectivity index (χ4v) is 2.64. The maximum absolute atomic E-state index is 11.3. The fourth-order valence-electron chi connectivity index (χ4n) is 2.64. The highest BCUT2D eigenvalue weighted by atomic mass is 16.6. The summed E-state index contributed by atoms with van der Waals surface area (Å²) in [6, 6.07) is 5.76. The van der Waals surface area contributed by atoms with Crippen LogP contribution in [0, 0.1) is 10.1 Å². The number of rotatable bonds is 3. The highest BCUT2D eigenvalue weighted by Crippen LogP contribution is 2.22. The van der Waals surface area contributed by atoms with Crippen molar-refractivity contribution in [2.24, 2.45) is 0 Å². The molecule has 0 unspecified atom stereocenters. The summed E-state index contributed by atoms with van der Waals surface area (Å²) in [4.78, 5) is 17.6. The van der Waals surface area contributed by atoms with Gasteiger partial charge in [-0.1, -0.05) is 6.07 Å². The Morgan fingerprint density at radius 1 is 1.55 bits per heavy atom. The first-order valence-electron chi connectivity index (χ1n) is 6.72. The molecule has 7 nitrogen and oxygen atoms in total. The lowest BCUT2D eigenvalue weighted by atomic mass is 10.2. The van der Waals surface area contributed by atoms with Gasteiger partial charge in [0, 0.05) is 38.3 Å². The van der Waals surface area contributed by atoms with Crippen LogP contribution in [0.1, 0.15) is 12.6 Å². The minimum absolute atomic E-state index is 0.0753. The summed E-state index contributed by atoms with van der Waals surface area (Å²) in [6.07, 6.45) is 1.69. The van der Waals surface area contributed by atoms with Crippen LogP contribution < -0.4 is 5.32 Å². The third-order valence-electron chi connectivity index (χ3n) is 3.74. The van der Waals surface area contributed by atoms with Crippen molar-refractivity contribution in [3.63, 3.8) is 0 Å². The Morgan fingerprint density at radius 2 is 2.40 bits per heavy atom. The summed E-state index contributed by atoms with van der Waals surface area (Å²) in [5, 5.41) is 14.6. The van der Waals surface area contributed by atoms with E-state index in [-0.39, 0.29) is 10.7 Å². The lowest BCUT2D eigenvalue weighted by molar-refractivity contribution is -0.391. The van der Waals surface area contributed by atoms with Crippen LogP contribution in [-0.2, 0) is 6.54 Å². The number of aromatic nitrogens is 2. The van der Waals surface area contributed by atoms with Crippen molar-refractivity contribution in [3.8, 4) is 0 Å². The number of hydrogen-bond acceptors (Lipinski definition) is 5. The highest BCUT2D eigenvalue weighted by molar-refractivity contribution is 5.48. The molecule has 0 aliphatic carbocycles. The van der Waals surface area contributed by atoms with Crippen molar-refractivity contribution in [3.05, 3.63) is 40.2 Å². The topological polar surface area (TPSA) is 75.7 Å². The molecule has 0 aromatic carbocycles. The second kappa shape index (κ2) is 5.18. The highest BCUT2D eigenvalue weighted by Gasteiger charge is 2.26. The minimum Gasteiger partial charge on any atom is -0.358 e. The molecular formula is C13H17N5O2. The van der Waals surface area contributed by atoms with Crippen molar-refractivity contribution < 1.29 is 4.92 Å². The molecule has 1 aliphatic heterocycles. The molecule has 0 bridgehead atoms. The van der Waals surface area contributed by atoms with E-state index < -0.39 is 0 Å². The number of hydrogen-bond donors (Lipinski definition) is 1. The van der Waals surface area contributed by atoms with Crippen LogP contribution >= 0.6 is 0 Å². The van der Waals surface area contributed by atoms with Crippen LogP contribution in [0.2, 0.25) is 0 Å². The maximum atomic E-state index is 11.3. The molecule has 2 aromatic rings. The van der Waals surface area contributed by atoms with E-state index in [1.54, 1.807) is 22.7 Å². The zero-order valence-corrected chi connectivity index (χ0v) is 11.3. The molecule has 1 fully saturated rings. The van der Waals surface area contributed by atoms with Gasteiger partial charge in [0.05, 0.1) is 6.20 Å². The van der Waals surface area contributed by atoms with Gasteiger partial charge in [-0.25, -0.2) is 4.98 Å². The summed E-state index contributed by atoms with van der Waals surface area (Å²) in [6.45, 7) is 5.33. The van der Waals surface area contributed by atoms with Gasteiger partial charge < -0.3 is 15.4 Å². The van der Waals surface area contributed by atoms with Crippen LogP contribution in [0.15, 0.2) is 24.4 Å². The number of pyridine rings is 1. The molecule has 0 saturated carbocycles. The van der Waals surface area contributed by atoms with Crippen molar-refractivity contribution in [2.75, 3.05) is 19.6 Å². The molecule has 0 radical (unpaired) electrons. The SMILES string of the molecule is C[C@H]1CNCCN1Cc1nc2ccccn2c1[N+](=O)[O-]. The van der Waals surface area contributed by atoms with E-state index in [0.29, 0.717) is 23.9 Å². The van der Waals surface area contributed by atoms with Crippen LogP contribution in [0.3, 0.4) is 0 Å². The number of nitrogens with zero attached hydrogens (tertiary/aromatic N) is 4. The second-order valence-corrected chi connectivity index (χ2v) is 5.09. The smallest absolute Gasteiger partial charge is 0.352 e. The molecule has 3 heterocycles. The first kappa shape index (κ1) is 13.0. The average Bonchev–Trinajstić information content (AvgIpc) is 2.79. The first-order chi connectivity index (χ1) is 9.66. The van der Waals surface area contributed by atoms with E-state index in [2.05, 4.69) is 22.1 Å². The fraction of sp³-hybridized carbons (Fsp3) is 0.462. The second-order valence-electron chi connectivity index (χ2n) is 5.09. The zero-order valence-electron chi connectivity index (χ0n) is 11.3. The Hall–Kier alpha value is -1.99. The van der Waals surface area contributed by atoms with Gasteiger partial charge in [0.1, 0.15) is 0 Å². The van der Waals surface area contributed by atoms with E-state index in [0.717, 1.165) is 19.6 Å². The molecule has 3 rings (SSSR count). The molecule has 106 valence electrons. The lowest BCUT2D eigenvalue weighted by Crippen LogP contribution is -2.49. The third-order valence-corrected chi connectivity index (χ3v) is 3.74. The molecule has 1 saturated heterocycles. The number of piperazine rings is 1. The molecule has 1 N–H and O–H groups in total. The number of fused-ring (bicyclic) bond motifs is 1. The molecule has 7 heteroatoms. The minimum atomic E-state index is -0.345. The molecule has 0 amide bonds. The van der Waals surface area contributed by atoms with Crippen LogP contribution in [0.4, 0.5) is 5.82 Å². The van der Waals surface area contributed by atoms with Gasteiger partial charge in [0.2, 0.25) is 5.65 Å². The summed E-state index contributed by atoms with van der Waals surface area (Å²) in [5.41, 5.74) is 1.16. The molecule has 2 aromatic heterocycles. The predicted octanol–water partition coefficient (Wildman–Crippen LogP) is 1.04. The summed E-state index contributed by atoms with van der Waals surface area (Å²) in [7, 11) is 0. The normalized spacial score (nSPS) is 20.4. The summed E-state index contributed by atoms with van der Waals surface area (Å²) >= 11 is 0. The van der Waals surface area contributed by atoms with Gasteiger partial charge in [-0.2, -0.15) is 4.40 Å². The zero-order chi connectivity index (χ0) is 14.1. The van der Waals surface area contributed by atoms with Gasteiger partial charge >= 0.3 is 5.82 Å². The molecule has 1 atom stereocenters. The monoisotopic (exact) mass is 275 g/mol. The van der Waals surface area contributed by atoms with Crippen molar-refractivity contribution >= 4 is 11.5 Å². The average molecular weight is 275 g/mol. The Kier molecular flexibility index (Phi) is 3.37. The van der Waals surface area contributed by atoms with Crippen molar-refractivity contribution in [1.29, 1.82) is 0 Å². The summed E-state index contributed by atoms with van der Waals surface area (Å²) in [5.74, 6) is 0.0753. The molecule has 20 heavy (non-hydrogen) atoms. The van der Waals surface area contributed by atoms with Gasteiger partial charge in [-0.05, 0) is 17.9 Å². The van der Waals surface area contributed by atoms with E-state index >= 15 is 0 Å². The van der Waals surface area contributed by atoms with E-state index in [4.69, 9.17) is 0 Å².